The van der Waals surface area contributed by atoms with E-state index >= 15 is 0 Å². The summed E-state index contributed by atoms with van der Waals surface area (Å²) in [5.41, 5.74) is 12.5. The second kappa shape index (κ2) is 5.14. The summed E-state index contributed by atoms with van der Waals surface area (Å²) in [6.45, 7) is 2.83. The van der Waals surface area contributed by atoms with Crippen LogP contribution in [0.15, 0.2) is 36.5 Å². The molecule has 1 aromatic carbocycles. The summed E-state index contributed by atoms with van der Waals surface area (Å²) in [6, 6.07) is 10.9. The first-order valence-electron chi connectivity index (χ1n) is 7.04. The number of benzene rings is 1. The lowest BCUT2D eigenvalue weighted by Gasteiger charge is -2.25. The Kier molecular flexibility index (Phi) is 3.34. The van der Waals surface area contributed by atoms with Gasteiger partial charge >= 0.3 is 0 Å². The Morgan fingerprint density at radius 3 is 2.74 bits per heavy atom. The molecule has 0 saturated carbocycles. The topological polar surface area (TPSA) is 38.9 Å². The first-order valence-corrected chi connectivity index (χ1v) is 7.04. The molecule has 0 bridgehead atoms. The smallest absolute Gasteiger partial charge is 0.0485 e. The molecule has 2 aromatic rings. The number of aromatic nitrogens is 1. The van der Waals surface area contributed by atoms with Gasteiger partial charge in [-0.25, -0.2) is 0 Å². The predicted molar refractivity (Wildman–Crippen MR) is 79.1 cm³/mol. The van der Waals surface area contributed by atoms with Gasteiger partial charge in [-0.15, -0.1) is 0 Å². The van der Waals surface area contributed by atoms with E-state index in [2.05, 4.69) is 42.2 Å². The van der Waals surface area contributed by atoms with Crippen LogP contribution >= 0.6 is 0 Å². The summed E-state index contributed by atoms with van der Waals surface area (Å²) in [4.78, 5) is 4.60. The number of nitrogens with zero attached hydrogens (tertiary/aromatic N) is 1. The van der Waals surface area contributed by atoms with Crippen LogP contribution in [0.5, 0.6) is 0 Å². The first-order chi connectivity index (χ1) is 9.29. The molecule has 19 heavy (non-hydrogen) atoms. The largest absolute Gasteiger partial charge is 0.330 e. The Bertz CT molecular complexity index is 572. The zero-order chi connectivity index (χ0) is 13.2. The van der Waals surface area contributed by atoms with Gasteiger partial charge in [-0.2, -0.15) is 0 Å². The van der Waals surface area contributed by atoms with Crippen LogP contribution in [0.1, 0.15) is 35.6 Å². The van der Waals surface area contributed by atoms with Crippen molar-refractivity contribution < 1.29 is 0 Å². The molecular formula is C17H20N2. The molecule has 2 nitrogen and oxygen atoms in total. The number of rotatable bonds is 2. The summed E-state index contributed by atoms with van der Waals surface area (Å²) < 4.78 is 0. The van der Waals surface area contributed by atoms with Crippen molar-refractivity contribution >= 4 is 0 Å². The summed E-state index contributed by atoms with van der Waals surface area (Å²) in [6.07, 6.45) is 5.46. The number of hydrogen-bond acceptors (Lipinski definition) is 2. The second-order valence-electron chi connectivity index (χ2n) is 5.41. The summed E-state index contributed by atoms with van der Waals surface area (Å²) >= 11 is 0. The van der Waals surface area contributed by atoms with E-state index in [0.717, 1.165) is 6.42 Å². The average molecular weight is 252 g/mol. The number of fused-ring (bicyclic) bond motifs is 1. The third-order valence-electron chi connectivity index (χ3n) is 4.10. The molecule has 3 rings (SSSR count). The summed E-state index contributed by atoms with van der Waals surface area (Å²) in [5.74, 6) is 0.439. The maximum absolute atomic E-state index is 5.89. The number of pyridine rings is 1. The standard InChI is InChI=1S/C17H20N2/c1-12-5-7-13(8-6-12)15-9-10-19-17-14(11-18)3-2-4-16(15)17/h5-10,14H,2-4,11,18H2,1H3. The highest BCUT2D eigenvalue weighted by Gasteiger charge is 2.22. The van der Waals surface area contributed by atoms with Gasteiger partial charge in [0.25, 0.3) is 0 Å². The van der Waals surface area contributed by atoms with E-state index in [0.29, 0.717) is 12.5 Å². The fourth-order valence-electron chi connectivity index (χ4n) is 3.02. The van der Waals surface area contributed by atoms with Crippen molar-refractivity contribution in [2.75, 3.05) is 6.54 Å². The van der Waals surface area contributed by atoms with Gasteiger partial charge < -0.3 is 5.73 Å². The van der Waals surface area contributed by atoms with Crippen molar-refractivity contribution in [2.24, 2.45) is 5.73 Å². The highest BCUT2D eigenvalue weighted by molar-refractivity contribution is 5.68. The van der Waals surface area contributed by atoms with Crippen molar-refractivity contribution in [1.82, 2.24) is 4.98 Å². The molecule has 0 radical (unpaired) electrons. The van der Waals surface area contributed by atoms with Gasteiger partial charge in [-0.05, 0) is 48.9 Å². The van der Waals surface area contributed by atoms with Crippen LogP contribution in [0.25, 0.3) is 11.1 Å². The van der Waals surface area contributed by atoms with Crippen molar-refractivity contribution in [3.05, 3.63) is 53.3 Å². The fraction of sp³-hybridized carbons (Fsp3) is 0.353. The Morgan fingerprint density at radius 1 is 1.21 bits per heavy atom. The molecule has 0 fully saturated rings. The third-order valence-corrected chi connectivity index (χ3v) is 4.10. The average Bonchev–Trinajstić information content (AvgIpc) is 2.47. The van der Waals surface area contributed by atoms with E-state index in [1.807, 2.05) is 6.20 Å². The van der Waals surface area contributed by atoms with Gasteiger partial charge in [0, 0.05) is 24.4 Å². The maximum Gasteiger partial charge on any atom is 0.0485 e. The second-order valence-corrected chi connectivity index (χ2v) is 5.41. The Morgan fingerprint density at radius 2 is 2.00 bits per heavy atom. The quantitative estimate of drug-likeness (QED) is 0.889. The lowest BCUT2D eigenvalue weighted by Crippen LogP contribution is -2.20. The Balaban J connectivity index is 2.10. The van der Waals surface area contributed by atoms with E-state index in [1.165, 1.54) is 40.8 Å². The fourth-order valence-corrected chi connectivity index (χ4v) is 3.02. The zero-order valence-corrected chi connectivity index (χ0v) is 11.4. The van der Waals surface area contributed by atoms with Crippen molar-refractivity contribution in [3.8, 4) is 11.1 Å². The van der Waals surface area contributed by atoms with Crippen LogP contribution in [0.2, 0.25) is 0 Å². The van der Waals surface area contributed by atoms with Crippen LogP contribution in [-0.2, 0) is 6.42 Å². The molecule has 1 aromatic heterocycles. The summed E-state index contributed by atoms with van der Waals surface area (Å²) in [5, 5.41) is 0. The molecule has 0 amide bonds. The van der Waals surface area contributed by atoms with Gasteiger partial charge in [-0.1, -0.05) is 29.8 Å². The van der Waals surface area contributed by atoms with Crippen molar-refractivity contribution in [3.63, 3.8) is 0 Å². The van der Waals surface area contributed by atoms with Crippen LogP contribution in [0.3, 0.4) is 0 Å². The van der Waals surface area contributed by atoms with Crippen LogP contribution in [-0.4, -0.2) is 11.5 Å². The minimum Gasteiger partial charge on any atom is -0.330 e. The molecule has 1 heterocycles. The van der Waals surface area contributed by atoms with Gasteiger partial charge in [0.2, 0.25) is 0 Å². The Labute approximate surface area is 114 Å². The molecule has 1 unspecified atom stereocenters. The van der Waals surface area contributed by atoms with Gasteiger partial charge in [0.1, 0.15) is 0 Å². The van der Waals surface area contributed by atoms with Gasteiger partial charge in [-0.3, -0.25) is 4.98 Å². The third kappa shape index (κ3) is 2.28. The highest BCUT2D eigenvalue weighted by Crippen LogP contribution is 2.35. The van der Waals surface area contributed by atoms with E-state index in [4.69, 9.17) is 5.73 Å². The van der Waals surface area contributed by atoms with Crippen molar-refractivity contribution in [2.45, 2.75) is 32.1 Å². The molecule has 98 valence electrons. The molecule has 2 heteroatoms. The molecular weight excluding hydrogens is 232 g/mol. The number of nitrogens with two attached hydrogens (primary N) is 1. The van der Waals surface area contributed by atoms with E-state index < -0.39 is 0 Å². The normalized spacial score (nSPS) is 18.1. The van der Waals surface area contributed by atoms with E-state index in [1.54, 1.807) is 0 Å². The molecule has 1 aliphatic rings. The minimum atomic E-state index is 0.439. The SMILES string of the molecule is Cc1ccc(-c2ccnc3c2CCCC3CN)cc1. The lowest BCUT2D eigenvalue weighted by molar-refractivity contribution is 0.546. The highest BCUT2D eigenvalue weighted by atomic mass is 14.7. The van der Waals surface area contributed by atoms with Crippen LogP contribution in [0, 0.1) is 6.92 Å². The van der Waals surface area contributed by atoms with Crippen LogP contribution in [0.4, 0.5) is 0 Å². The molecule has 0 spiro atoms. The molecule has 2 N–H and O–H groups in total. The lowest BCUT2D eigenvalue weighted by atomic mass is 9.83. The molecule has 1 atom stereocenters. The number of aryl methyl sites for hydroxylation is 1. The van der Waals surface area contributed by atoms with Crippen LogP contribution < -0.4 is 5.73 Å². The first kappa shape index (κ1) is 12.4. The van der Waals surface area contributed by atoms with Crippen molar-refractivity contribution in [1.29, 1.82) is 0 Å². The van der Waals surface area contributed by atoms with Gasteiger partial charge in [0.05, 0.1) is 0 Å². The van der Waals surface area contributed by atoms with Gasteiger partial charge in [0.15, 0.2) is 0 Å². The Hall–Kier alpha value is -1.67. The minimum absolute atomic E-state index is 0.439. The number of hydrogen-bond donors (Lipinski definition) is 1. The monoisotopic (exact) mass is 252 g/mol. The molecule has 1 aliphatic carbocycles. The zero-order valence-electron chi connectivity index (χ0n) is 11.4. The van der Waals surface area contributed by atoms with E-state index in [9.17, 15) is 0 Å². The maximum atomic E-state index is 5.89. The predicted octanol–water partition coefficient (Wildman–Crippen LogP) is 3.44. The summed E-state index contributed by atoms with van der Waals surface area (Å²) in [7, 11) is 0. The molecule has 0 saturated heterocycles. The molecule has 0 aliphatic heterocycles. The van der Waals surface area contributed by atoms with E-state index in [-0.39, 0.29) is 0 Å².